The summed E-state index contributed by atoms with van der Waals surface area (Å²) in [6, 6.07) is 21.3. The molecule has 8 rings (SSSR count). The third-order valence-corrected chi connectivity index (χ3v) is 12.0. The van der Waals surface area contributed by atoms with Crippen molar-refractivity contribution in [3.05, 3.63) is 128 Å². The molecule has 0 saturated carbocycles. The molecule has 6 aromatic rings. The molecular weight excluding hydrogens is 967 g/mol. The quantitative estimate of drug-likeness (QED) is 0.0409. The lowest BCUT2D eigenvalue weighted by Crippen LogP contribution is -2.52. The first-order chi connectivity index (χ1) is 34.8. The monoisotopic (exact) mass is 1020 g/mol. The molecule has 4 aromatic carbocycles. The number of nitrogens with one attached hydrogen (secondary N) is 4. The second kappa shape index (κ2) is 23.9. The van der Waals surface area contributed by atoms with E-state index in [0.29, 0.717) is 115 Å². The number of H-pyrrole nitrogens is 2. The number of aryl methyl sites for hydroxylation is 1. The number of rotatable bonds is 25. The minimum atomic E-state index is -4.50. The van der Waals surface area contributed by atoms with E-state index in [1.54, 1.807) is 36.4 Å². The van der Waals surface area contributed by atoms with Crippen molar-refractivity contribution in [1.29, 1.82) is 0 Å². The van der Waals surface area contributed by atoms with Crippen molar-refractivity contribution in [1.82, 2.24) is 35.3 Å². The maximum absolute atomic E-state index is 13.8. The van der Waals surface area contributed by atoms with Gasteiger partial charge in [-0.15, -0.1) is 0 Å². The van der Waals surface area contributed by atoms with Crippen molar-refractivity contribution in [2.75, 3.05) is 72.6 Å². The van der Waals surface area contributed by atoms with Gasteiger partial charge in [0, 0.05) is 35.7 Å². The number of nitrogens with zero attached hydrogens (tertiary/aromatic N) is 3. The van der Waals surface area contributed by atoms with E-state index >= 15 is 0 Å². The number of hydrogen-bond acceptors (Lipinski definition) is 12. The molecule has 1 fully saturated rings. The van der Waals surface area contributed by atoms with Crippen LogP contribution in [0.3, 0.4) is 0 Å². The summed E-state index contributed by atoms with van der Waals surface area (Å²) >= 11 is 6.14. The summed E-state index contributed by atoms with van der Waals surface area (Å²) in [5.74, 6) is -0.210. The Labute approximate surface area is 415 Å². The van der Waals surface area contributed by atoms with Gasteiger partial charge in [-0.3, -0.25) is 34.4 Å². The Morgan fingerprint density at radius 1 is 0.778 bits per heavy atom. The lowest BCUT2D eigenvalue weighted by Gasteiger charge is -2.29. The highest BCUT2D eigenvalue weighted by molar-refractivity contribution is 6.31. The van der Waals surface area contributed by atoms with E-state index in [1.807, 2.05) is 24.3 Å². The zero-order valence-electron chi connectivity index (χ0n) is 38.8. The fourth-order valence-electron chi connectivity index (χ4n) is 8.10. The first-order valence-corrected chi connectivity index (χ1v) is 23.6. The molecule has 4 amide bonds. The van der Waals surface area contributed by atoms with Gasteiger partial charge in [-0.25, -0.2) is 4.98 Å². The number of halogens is 4. The number of alkyl halides is 3. The number of carbonyl (C=O) groups excluding carboxylic acids is 4. The van der Waals surface area contributed by atoms with E-state index < -0.39 is 23.7 Å². The third-order valence-electron chi connectivity index (χ3n) is 11.8. The molecule has 2 aliphatic heterocycles. The molecule has 4 heterocycles. The predicted octanol–water partition coefficient (Wildman–Crippen LogP) is 5.57. The van der Waals surface area contributed by atoms with Crippen molar-refractivity contribution < 1.29 is 60.8 Å². The van der Waals surface area contributed by atoms with Crippen LogP contribution in [0.25, 0.3) is 28.2 Å². The third kappa shape index (κ3) is 13.3. The number of aromatic amines is 2. The van der Waals surface area contributed by atoms with Crippen LogP contribution in [0.4, 0.5) is 13.2 Å². The van der Waals surface area contributed by atoms with Crippen LogP contribution < -0.4 is 25.7 Å². The summed E-state index contributed by atoms with van der Waals surface area (Å²) in [5, 5.41) is 8.54. The maximum atomic E-state index is 13.8. The van der Waals surface area contributed by atoms with Crippen molar-refractivity contribution in [3.63, 3.8) is 0 Å². The highest BCUT2D eigenvalue weighted by atomic mass is 35.5. The molecule has 1 atom stereocenters. The Balaban J connectivity index is 0.652. The lowest BCUT2D eigenvalue weighted by molar-refractivity contribution is -0.138. The fourth-order valence-corrected chi connectivity index (χ4v) is 8.27. The van der Waals surface area contributed by atoms with E-state index in [2.05, 4.69) is 25.7 Å². The zero-order valence-corrected chi connectivity index (χ0v) is 39.6. The number of imide groups is 1. The largest absolute Gasteiger partial charge is 0.491 e. The molecule has 0 spiro atoms. The van der Waals surface area contributed by atoms with E-state index in [-0.39, 0.29) is 74.8 Å². The number of ether oxygens (including phenoxy) is 6. The lowest BCUT2D eigenvalue weighted by atomic mass is 10.0. The van der Waals surface area contributed by atoms with Crippen LogP contribution in [-0.4, -0.2) is 127 Å². The molecule has 22 heteroatoms. The minimum Gasteiger partial charge on any atom is -0.491 e. The summed E-state index contributed by atoms with van der Waals surface area (Å²) in [5.41, 5.74) is 3.25. The molecule has 18 nitrogen and oxygen atoms in total. The van der Waals surface area contributed by atoms with Gasteiger partial charge in [0.2, 0.25) is 17.8 Å². The second-order valence-corrected chi connectivity index (χ2v) is 17.1. The van der Waals surface area contributed by atoms with Gasteiger partial charge in [-0.1, -0.05) is 35.9 Å². The van der Waals surface area contributed by atoms with Crippen molar-refractivity contribution >= 4 is 46.3 Å². The molecule has 2 aliphatic rings. The highest BCUT2D eigenvalue weighted by Gasteiger charge is 2.39. The summed E-state index contributed by atoms with van der Waals surface area (Å²) in [6.45, 7) is 3.31. The average Bonchev–Trinajstić information content (AvgIpc) is 4.04. The van der Waals surface area contributed by atoms with Crippen LogP contribution in [0.2, 0.25) is 5.02 Å². The smallest absolute Gasteiger partial charge is 0.416 e. The van der Waals surface area contributed by atoms with Crippen molar-refractivity contribution in [2.24, 2.45) is 0 Å². The summed E-state index contributed by atoms with van der Waals surface area (Å²) in [4.78, 5) is 71.8. The van der Waals surface area contributed by atoms with Crippen LogP contribution in [0.1, 0.15) is 45.5 Å². The van der Waals surface area contributed by atoms with Crippen LogP contribution in [-0.2, 0) is 58.9 Å². The van der Waals surface area contributed by atoms with E-state index in [0.717, 1.165) is 17.7 Å². The molecule has 0 bridgehead atoms. The van der Waals surface area contributed by atoms with Gasteiger partial charge in [0.25, 0.3) is 17.4 Å². The van der Waals surface area contributed by atoms with Crippen LogP contribution in [0, 0.1) is 0 Å². The van der Waals surface area contributed by atoms with Gasteiger partial charge in [-0.2, -0.15) is 17.9 Å². The number of hydrogen-bond donors (Lipinski definition) is 4. The first-order valence-electron chi connectivity index (χ1n) is 23.2. The molecule has 1 unspecified atom stereocenters. The second-order valence-electron chi connectivity index (χ2n) is 16.7. The highest BCUT2D eigenvalue weighted by Crippen LogP contribution is 2.33. The zero-order chi connectivity index (χ0) is 50.6. The van der Waals surface area contributed by atoms with Crippen molar-refractivity contribution in [2.45, 2.75) is 44.4 Å². The van der Waals surface area contributed by atoms with Crippen LogP contribution in [0.5, 0.6) is 11.5 Å². The van der Waals surface area contributed by atoms with E-state index in [4.69, 9.17) is 40.0 Å². The standard InChI is InChI=1S/C50H51ClF3N7O11/c51-35-8-14-40-41(28-35)57-49(56-40)61-48(66)39(45(59-61)32-4-6-34(7-5-32)50(52,53)54)12-3-31-1-9-36(10-2-31)71-26-25-70-24-23-69-22-21-68-20-19-67-18-17-55-44(63)30-72-37-11-13-38-33(27-37)29-60(47(38)65)42-15-16-43(62)58-46(42)64/h1-2,4-11,13-14,27-28,42,59H,3,12,15-26,29-30H2,(H,55,63)(H,56,57)(H,58,62,64). The van der Waals surface area contributed by atoms with Gasteiger partial charge >= 0.3 is 6.18 Å². The number of carbonyl (C=O) groups is 4. The molecule has 0 radical (unpaired) electrons. The predicted molar refractivity (Wildman–Crippen MR) is 255 cm³/mol. The van der Waals surface area contributed by atoms with Crippen LogP contribution in [0.15, 0.2) is 89.7 Å². The Kier molecular flexibility index (Phi) is 17.0. The number of aromatic nitrogens is 4. The topological polar surface area (TPSA) is 217 Å². The molecule has 0 aliphatic carbocycles. The van der Waals surface area contributed by atoms with E-state index in [1.165, 1.54) is 21.7 Å². The van der Waals surface area contributed by atoms with Gasteiger partial charge in [0.1, 0.15) is 24.1 Å². The average molecular weight is 1020 g/mol. The molecule has 380 valence electrons. The number of fused-ring (bicyclic) bond motifs is 2. The van der Waals surface area contributed by atoms with E-state index in [9.17, 15) is 37.1 Å². The summed E-state index contributed by atoms with van der Waals surface area (Å²) in [6.07, 6.45) is -3.32. The molecule has 4 N–H and O–H groups in total. The molecular formula is C50H51ClF3N7O11. The Morgan fingerprint density at radius 2 is 1.46 bits per heavy atom. The Bertz CT molecular complexity index is 2920. The molecule has 72 heavy (non-hydrogen) atoms. The summed E-state index contributed by atoms with van der Waals surface area (Å²) < 4.78 is 74.9. The summed E-state index contributed by atoms with van der Waals surface area (Å²) in [7, 11) is 0. The van der Waals surface area contributed by atoms with Gasteiger partial charge < -0.3 is 43.6 Å². The Morgan fingerprint density at radius 3 is 2.15 bits per heavy atom. The van der Waals surface area contributed by atoms with Gasteiger partial charge in [-0.05, 0) is 96.6 Å². The number of benzene rings is 4. The van der Waals surface area contributed by atoms with Crippen LogP contribution >= 0.6 is 11.6 Å². The Hall–Kier alpha value is -7.04. The maximum Gasteiger partial charge on any atom is 0.416 e. The SMILES string of the molecule is O=C(COc1ccc2c(c1)CN(C1CCC(=O)NC1=O)C2=O)NCCOCCOCCOCCOCCOc1ccc(CCc2c(-c3ccc(C(F)(F)F)cc3)[nH]n(-c3nc4ccc(Cl)cc4[nH]3)c2=O)cc1. The normalized spacial score (nSPS) is 14.8. The molecule has 2 aromatic heterocycles. The number of piperidine rings is 1. The fraction of sp³-hybridized carbons (Fsp3) is 0.360. The minimum absolute atomic E-state index is 0.170. The first kappa shape index (κ1) is 51.3. The molecule has 1 saturated heterocycles. The number of imidazole rings is 1. The number of amides is 4. The van der Waals surface area contributed by atoms with Gasteiger partial charge in [0.15, 0.2) is 6.61 Å². The van der Waals surface area contributed by atoms with Gasteiger partial charge in [0.05, 0.1) is 75.1 Å². The van der Waals surface area contributed by atoms with Crippen molar-refractivity contribution in [3.8, 4) is 28.7 Å².